The molecule has 2 heterocycles. The molecular weight excluding hydrogens is 332 g/mol. The third-order valence-electron chi connectivity index (χ3n) is 4.10. The topological polar surface area (TPSA) is 63.8 Å². The van der Waals surface area contributed by atoms with Gasteiger partial charge in [0.2, 0.25) is 0 Å². The van der Waals surface area contributed by atoms with E-state index in [1.807, 2.05) is 47.3 Å². The van der Waals surface area contributed by atoms with Crippen LogP contribution >= 0.6 is 11.3 Å². The van der Waals surface area contributed by atoms with Gasteiger partial charge in [0, 0.05) is 12.1 Å². The molecule has 0 saturated heterocycles. The van der Waals surface area contributed by atoms with E-state index in [4.69, 9.17) is 0 Å². The number of aromatic nitrogens is 4. The van der Waals surface area contributed by atoms with Crippen LogP contribution in [0.1, 0.15) is 19.8 Å². The molecule has 0 spiro atoms. The molecule has 4 aromatic rings. The van der Waals surface area contributed by atoms with Gasteiger partial charge in [-0.3, -0.25) is 4.68 Å². The fraction of sp³-hybridized carbons (Fsp3) is 0.211. The minimum Gasteiger partial charge on any atom is -0.507 e. The zero-order chi connectivity index (χ0) is 17.2. The lowest BCUT2D eigenvalue weighted by Gasteiger charge is -2.03. The van der Waals surface area contributed by atoms with E-state index in [-0.39, 0.29) is 5.75 Å². The van der Waals surface area contributed by atoms with E-state index in [1.54, 1.807) is 17.4 Å². The number of aromatic hydroxyl groups is 1. The van der Waals surface area contributed by atoms with Gasteiger partial charge in [-0.2, -0.15) is 0 Å². The molecule has 0 amide bonds. The van der Waals surface area contributed by atoms with Crippen molar-refractivity contribution in [3.63, 3.8) is 0 Å². The molecule has 6 heteroatoms. The number of phenols is 1. The molecule has 1 N–H and O–H groups in total. The van der Waals surface area contributed by atoms with Crippen LogP contribution < -0.4 is 0 Å². The SMILES string of the molecule is CCCCn1cc(-c2ccc(O)c(-c3nc4ccccc4s3)c2)nn1. The van der Waals surface area contributed by atoms with Crippen LogP contribution in [-0.2, 0) is 6.54 Å². The minimum atomic E-state index is 0.223. The molecule has 0 aliphatic carbocycles. The lowest BCUT2D eigenvalue weighted by atomic mass is 10.1. The molecule has 2 aromatic heterocycles. The monoisotopic (exact) mass is 350 g/mol. The first-order chi connectivity index (χ1) is 12.2. The Balaban J connectivity index is 1.72. The highest BCUT2D eigenvalue weighted by Crippen LogP contribution is 2.37. The number of fused-ring (bicyclic) bond motifs is 1. The highest BCUT2D eigenvalue weighted by molar-refractivity contribution is 7.21. The highest BCUT2D eigenvalue weighted by atomic mass is 32.1. The zero-order valence-corrected chi connectivity index (χ0v) is 14.7. The molecule has 2 aromatic carbocycles. The first-order valence-corrected chi connectivity index (χ1v) is 9.15. The predicted octanol–water partition coefficient (Wildman–Crippen LogP) is 4.73. The molecule has 0 aliphatic rings. The van der Waals surface area contributed by atoms with Gasteiger partial charge in [0.25, 0.3) is 0 Å². The highest BCUT2D eigenvalue weighted by Gasteiger charge is 2.13. The second-order valence-corrected chi connectivity index (χ2v) is 6.97. The summed E-state index contributed by atoms with van der Waals surface area (Å²) in [6.45, 7) is 3.02. The average Bonchev–Trinajstić information content (AvgIpc) is 3.27. The molecule has 0 radical (unpaired) electrons. The van der Waals surface area contributed by atoms with Gasteiger partial charge in [0.05, 0.1) is 22.0 Å². The van der Waals surface area contributed by atoms with Gasteiger partial charge >= 0.3 is 0 Å². The van der Waals surface area contributed by atoms with Crippen molar-refractivity contribution in [1.82, 2.24) is 20.0 Å². The van der Waals surface area contributed by atoms with Gasteiger partial charge in [-0.1, -0.05) is 30.7 Å². The Hall–Kier alpha value is -2.73. The van der Waals surface area contributed by atoms with Crippen LogP contribution in [0, 0.1) is 0 Å². The van der Waals surface area contributed by atoms with Gasteiger partial charge < -0.3 is 5.11 Å². The Kier molecular flexibility index (Phi) is 4.19. The third-order valence-corrected chi connectivity index (χ3v) is 5.17. The lowest BCUT2D eigenvalue weighted by molar-refractivity contribution is 0.477. The number of hydrogen-bond acceptors (Lipinski definition) is 5. The smallest absolute Gasteiger partial charge is 0.128 e. The number of unbranched alkanes of at least 4 members (excludes halogenated alkanes) is 1. The van der Waals surface area contributed by atoms with Crippen molar-refractivity contribution >= 4 is 21.6 Å². The zero-order valence-electron chi connectivity index (χ0n) is 13.9. The van der Waals surface area contributed by atoms with Crippen LogP contribution in [0.5, 0.6) is 5.75 Å². The number of para-hydroxylation sites is 1. The first kappa shape index (κ1) is 15.8. The Labute approximate surface area is 149 Å². The summed E-state index contributed by atoms with van der Waals surface area (Å²) in [4.78, 5) is 4.64. The van der Waals surface area contributed by atoms with E-state index in [2.05, 4.69) is 22.2 Å². The van der Waals surface area contributed by atoms with E-state index in [1.165, 1.54) is 0 Å². The minimum absolute atomic E-state index is 0.223. The van der Waals surface area contributed by atoms with Crippen LogP contribution in [0.4, 0.5) is 0 Å². The molecule has 0 unspecified atom stereocenters. The maximum atomic E-state index is 10.3. The summed E-state index contributed by atoms with van der Waals surface area (Å²) in [6, 6.07) is 13.5. The van der Waals surface area contributed by atoms with Gasteiger partial charge in [0.15, 0.2) is 0 Å². The summed E-state index contributed by atoms with van der Waals surface area (Å²) >= 11 is 1.57. The third kappa shape index (κ3) is 3.13. The van der Waals surface area contributed by atoms with E-state index < -0.39 is 0 Å². The van der Waals surface area contributed by atoms with Crippen LogP contribution in [-0.4, -0.2) is 25.1 Å². The summed E-state index contributed by atoms with van der Waals surface area (Å²) in [5.41, 5.74) is 3.40. The Morgan fingerprint density at radius 3 is 2.88 bits per heavy atom. The first-order valence-electron chi connectivity index (χ1n) is 8.34. The molecule has 0 fully saturated rings. The molecular formula is C19H18N4OS. The maximum Gasteiger partial charge on any atom is 0.128 e. The van der Waals surface area contributed by atoms with Crippen molar-refractivity contribution in [2.75, 3.05) is 0 Å². The predicted molar refractivity (Wildman–Crippen MR) is 101 cm³/mol. The van der Waals surface area contributed by atoms with Crippen molar-refractivity contribution in [3.05, 3.63) is 48.7 Å². The lowest BCUT2D eigenvalue weighted by Crippen LogP contribution is -1.97. The van der Waals surface area contributed by atoms with Gasteiger partial charge in [-0.05, 0) is 36.8 Å². The van der Waals surface area contributed by atoms with Crippen LogP contribution in [0.25, 0.3) is 32.0 Å². The van der Waals surface area contributed by atoms with E-state index in [0.717, 1.165) is 51.4 Å². The van der Waals surface area contributed by atoms with Gasteiger partial charge in [-0.25, -0.2) is 4.98 Å². The van der Waals surface area contributed by atoms with Crippen LogP contribution in [0.3, 0.4) is 0 Å². The van der Waals surface area contributed by atoms with Crippen molar-refractivity contribution in [2.24, 2.45) is 0 Å². The molecule has 0 saturated carbocycles. The molecule has 0 aliphatic heterocycles. The Morgan fingerprint density at radius 2 is 2.04 bits per heavy atom. The van der Waals surface area contributed by atoms with Gasteiger partial charge in [-0.15, -0.1) is 16.4 Å². The second-order valence-electron chi connectivity index (χ2n) is 5.94. The number of nitrogens with zero attached hydrogens (tertiary/aromatic N) is 4. The Bertz CT molecular complexity index is 988. The normalized spacial score (nSPS) is 11.2. The molecule has 25 heavy (non-hydrogen) atoms. The van der Waals surface area contributed by atoms with E-state index in [0.29, 0.717) is 0 Å². The summed E-state index contributed by atoms with van der Waals surface area (Å²) in [6.07, 6.45) is 4.15. The van der Waals surface area contributed by atoms with E-state index in [9.17, 15) is 5.11 Å². The molecule has 0 atom stereocenters. The summed E-state index contributed by atoms with van der Waals surface area (Å²) in [5, 5.41) is 19.6. The number of phenolic OH excluding ortho intramolecular Hbond substituents is 1. The average molecular weight is 350 g/mol. The number of aryl methyl sites for hydroxylation is 1. The van der Waals surface area contributed by atoms with E-state index >= 15 is 0 Å². The maximum absolute atomic E-state index is 10.3. The quantitative estimate of drug-likeness (QED) is 0.565. The molecule has 4 rings (SSSR count). The van der Waals surface area contributed by atoms with Crippen LogP contribution in [0.15, 0.2) is 48.7 Å². The largest absolute Gasteiger partial charge is 0.507 e. The van der Waals surface area contributed by atoms with Crippen molar-refractivity contribution < 1.29 is 5.11 Å². The van der Waals surface area contributed by atoms with Crippen molar-refractivity contribution in [2.45, 2.75) is 26.3 Å². The number of rotatable bonds is 5. The van der Waals surface area contributed by atoms with Crippen molar-refractivity contribution in [1.29, 1.82) is 0 Å². The summed E-state index contributed by atoms with van der Waals surface area (Å²) in [5.74, 6) is 0.223. The standard InChI is InChI=1S/C19H18N4OS/c1-2-3-10-23-12-16(21-22-23)13-8-9-17(24)14(11-13)19-20-15-6-4-5-7-18(15)25-19/h4-9,11-12,24H,2-3,10H2,1H3. The van der Waals surface area contributed by atoms with Crippen LogP contribution in [0.2, 0.25) is 0 Å². The number of thiazole rings is 1. The second kappa shape index (κ2) is 6.64. The fourth-order valence-electron chi connectivity index (χ4n) is 2.71. The molecule has 0 bridgehead atoms. The summed E-state index contributed by atoms with van der Waals surface area (Å²) in [7, 11) is 0. The fourth-order valence-corrected chi connectivity index (χ4v) is 3.70. The Morgan fingerprint density at radius 1 is 1.16 bits per heavy atom. The summed E-state index contributed by atoms with van der Waals surface area (Å²) < 4.78 is 2.97. The van der Waals surface area contributed by atoms with Gasteiger partial charge in [0.1, 0.15) is 16.5 Å². The number of benzene rings is 2. The van der Waals surface area contributed by atoms with Crippen molar-refractivity contribution in [3.8, 4) is 27.6 Å². The number of hydrogen-bond donors (Lipinski definition) is 1. The molecule has 126 valence electrons. The molecule has 5 nitrogen and oxygen atoms in total.